The molecule has 168 valence electrons. The van der Waals surface area contributed by atoms with E-state index in [2.05, 4.69) is 15.1 Å². The highest BCUT2D eigenvalue weighted by molar-refractivity contribution is 6.08. The second-order valence-corrected chi connectivity index (χ2v) is 8.11. The minimum atomic E-state index is -0.138. The average molecular weight is 451 g/mol. The molecule has 0 radical (unpaired) electrons. The molecule has 0 fully saturated rings. The summed E-state index contributed by atoms with van der Waals surface area (Å²) in [5.74, 6) is 1.27. The lowest BCUT2D eigenvalue weighted by atomic mass is 9.99. The number of ether oxygens (including phenoxy) is 1. The van der Waals surface area contributed by atoms with Gasteiger partial charge in [-0.25, -0.2) is 19.2 Å². The molecule has 9 nitrogen and oxygen atoms in total. The van der Waals surface area contributed by atoms with Crippen molar-refractivity contribution in [2.24, 2.45) is 0 Å². The zero-order valence-corrected chi connectivity index (χ0v) is 18.7. The highest BCUT2D eigenvalue weighted by atomic mass is 16.5. The van der Waals surface area contributed by atoms with E-state index in [1.807, 2.05) is 67.7 Å². The molecule has 1 aliphatic heterocycles. The molecule has 0 aliphatic carbocycles. The Labute approximate surface area is 195 Å². The number of fused-ring (bicyclic) bond motifs is 2. The normalized spacial score (nSPS) is 13.4. The fraction of sp³-hybridized carbons (Fsp3) is 0.160. The minimum absolute atomic E-state index is 0.138. The van der Waals surface area contributed by atoms with E-state index in [1.165, 1.54) is 6.33 Å². The number of carbonyl (C=O) groups is 1. The van der Waals surface area contributed by atoms with E-state index in [-0.39, 0.29) is 5.91 Å². The van der Waals surface area contributed by atoms with Crippen molar-refractivity contribution in [3.05, 3.63) is 84.1 Å². The third kappa shape index (κ3) is 3.21. The van der Waals surface area contributed by atoms with Gasteiger partial charge in [0.1, 0.15) is 12.1 Å². The topological polar surface area (TPSA) is 90.4 Å². The van der Waals surface area contributed by atoms with Crippen LogP contribution in [0.5, 0.6) is 5.75 Å². The Balaban J connectivity index is 1.51. The van der Waals surface area contributed by atoms with E-state index in [0.717, 1.165) is 39.6 Å². The number of methoxy groups -OCH3 is 1. The summed E-state index contributed by atoms with van der Waals surface area (Å²) in [5, 5.41) is 9.06. The highest BCUT2D eigenvalue weighted by Gasteiger charge is 2.33. The van der Waals surface area contributed by atoms with Gasteiger partial charge in [0.2, 0.25) is 0 Å². The molecule has 0 spiro atoms. The third-order valence-electron chi connectivity index (χ3n) is 6.04. The number of pyridine rings is 2. The van der Waals surface area contributed by atoms with Crippen LogP contribution in [0.2, 0.25) is 0 Å². The maximum atomic E-state index is 13.6. The molecule has 0 saturated carbocycles. The second-order valence-electron chi connectivity index (χ2n) is 8.11. The van der Waals surface area contributed by atoms with Gasteiger partial charge in [-0.15, -0.1) is 0 Å². The fourth-order valence-electron chi connectivity index (χ4n) is 4.39. The zero-order valence-electron chi connectivity index (χ0n) is 18.7. The molecule has 0 unspecified atom stereocenters. The molecule has 4 aromatic heterocycles. The van der Waals surface area contributed by atoms with Crippen molar-refractivity contribution in [1.29, 1.82) is 0 Å². The Hall–Kier alpha value is -4.53. The van der Waals surface area contributed by atoms with Gasteiger partial charge in [0.05, 0.1) is 12.8 Å². The van der Waals surface area contributed by atoms with Gasteiger partial charge < -0.3 is 9.64 Å². The predicted molar refractivity (Wildman–Crippen MR) is 126 cm³/mol. The van der Waals surface area contributed by atoms with Crippen molar-refractivity contribution in [3.8, 4) is 22.8 Å². The Bertz CT molecular complexity index is 1530. The van der Waals surface area contributed by atoms with E-state index in [4.69, 9.17) is 9.84 Å². The molecular formula is C25H21N7O2. The van der Waals surface area contributed by atoms with Gasteiger partial charge in [0.25, 0.3) is 5.91 Å². The molecule has 1 aliphatic rings. The van der Waals surface area contributed by atoms with Crippen molar-refractivity contribution in [1.82, 2.24) is 29.4 Å². The lowest BCUT2D eigenvalue weighted by Crippen LogP contribution is -2.37. The van der Waals surface area contributed by atoms with Crippen LogP contribution >= 0.6 is 0 Å². The standard InChI is InChI=1S/C25H21N7O2/c1-16-4-3-5-22(28-16)32-24(17-6-11-21-26-15-27-31(21)14-17)20-12-13-30(25(33)23(20)29-32)18-7-9-19(34-2)10-8-18/h3-11,14-15H,12-13H2,1-2H3. The SMILES string of the molecule is COc1ccc(N2CCc3c(nn(-c4cccc(C)n4)c3-c3ccc4ncnn4c3)C2=O)cc1. The van der Waals surface area contributed by atoms with Gasteiger partial charge in [0, 0.05) is 35.2 Å². The fourth-order valence-corrected chi connectivity index (χ4v) is 4.39. The lowest BCUT2D eigenvalue weighted by molar-refractivity contribution is 0.0975. The number of aromatic nitrogens is 6. The number of hydrogen-bond acceptors (Lipinski definition) is 6. The predicted octanol–water partition coefficient (Wildman–Crippen LogP) is 3.50. The van der Waals surface area contributed by atoms with Gasteiger partial charge in [-0.3, -0.25) is 4.79 Å². The average Bonchev–Trinajstić information content (AvgIpc) is 3.49. The van der Waals surface area contributed by atoms with E-state index in [1.54, 1.807) is 21.2 Å². The molecule has 0 bridgehead atoms. The van der Waals surface area contributed by atoms with Crippen LogP contribution in [0.4, 0.5) is 5.69 Å². The summed E-state index contributed by atoms with van der Waals surface area (Å²) in [6, 6.07) is 17.1. The van der Waals surface area contributed by atoms with Gasteiger partial charge in [-0.05, 0) is 61.9 Å². The maximum absolute atomic E-state index is 13.6. The van der Waals surface area contributed by atoms with Gasteiger partial charge in [-0.1, -0.05) is 6.07 Å². The largest absolute Gasteiger partial charge is 0.497 e. The number of carbonyl (C=O) groups excluding carboxylic acids is 1. The first-order valence-electron chi connectivity index (χ1n) is 10.9. The van der Waals surface area contributed by atoms with E-state index < -0.39 is 0 Å². The lowest BCUT2D eigenvalue weighted by Gasteiger charge is -2.26. The first kappa shape index (κ1) is 20.1. The highest BCUT2D eigenvalue weighted by Crippen LogP contribution is 2.34. The van der Waals surface area contributed by atoms with Gasteiger partial charge >= 0.3 is 0 Å². The third-order valence-corrected chi connectivity index (χ3v) is 6.04. The Morgan fingerprint density at radius 1 is 1.03 bits per heavy atom. The smallest absolute Gasteiger partial charge is 0.279 e. The van der Waals surface area contributed by atoms with E-state index in [9.17, 15) is 4.79 Å². The molecule has 6 rings (SSSR count). The number of aryl methyl sites for hydroxylation is 1. The summed E-state index contributed by atoms with van der Waals surface area (Å²) >= 11 is 0. The molecule has 34 heavy (non-hydrogen) atoms. The number of hydrogen-bond donors (Lipinski definition) is 0. The zero-order chi connectivity index (χ0) is 23.2. The Morgan fingerprint density at radius 3 is 2.68 bits per heavy atom. The minimum Gasteiger partial charge on any atom is -0.497 e. The molecular weight excluding hydrogens is 430 g/mol. The van der Waals surface area contributed by atoms with Crippen LogP contribution < -0.4 is 9.64 Å². The molecule has 1 aromatic carbocycles. The monoisotopic (exact) mass is 451 g/mol. The summed E-state index contributed by atoms with van der Waals surface area (Å²) in [7, 11) is 1.62. The second kappa shape index (κ2) is 7.80. The molecule has 1 amide bonds. The number of anilines is 1. The van der Waals surface area contributed by atoms with E-state index in [0.29, 0.717) is 24.5 Å². The molecule has 0 saturated heterocycles. The molecule has 9 heteroatoms. The first-order chi connectivity index (χ1) is 16.6. The Morgan fingerprint density at radius 2 is 1.88 bits per heavy atom. The van der Waals surface area contributed by atoms with Crippen molar-refractivity contribution in [2.75, 3.05) is 18.6 Å². The first-order valence-corrected chi connectivity index (χ1v) is 10.9. The molecule has 0 N–H and O–H groups in total. The number of nitrogens with zero attached hydrogens (tertiary/aromatic N) is 7. The number of rotatable bonds is 4. The van der Waals surface area contributed by atoms with Crippen molar-refractivity contribution >= 4 is 17.2 Å². The molecule has 5 heterocycles. The Kier molecular flexibility index (Phi) is 4.61. The van der Waals surface area contributed by atoms with Crippen molar-refractivity contribution in [2.45, 2.75) is 13.3 Å². The summed E-state index contributed by atoms with van der Waals surface area (Å²) < 4.78 is 8.74. The number of amides is 1. The number of benzene rings is 1. The van der Waals surface area contributed by atoms with Crippen LogP contribution in [-0.4, -0.2) is 48.9 Å². The summed E-state index contributed by atoms with van der Waals surface area (Å²) in [4.78, 5) is 24.3. The van der Waals surface area contributed by atoms with Crippen molar-refractivity contribution in [3.63, 3.8) is 0 Å². The summed E-state index contributed by atoms with van der Waals surface area (Å²) in [6.07, 6.45) is 4.08. The van der Waals surface area contributed by atoms with Crippen LogP contribution in [0.1, 0.15) is 21.7 Å². The quantitative estimate of drug-likeness (QED) is 0.415. The van der Waals surface area contributed by atoms with Gasteiger partial charge in [-0.2, -0.15) is 10.2 Å². The van der Waals surface area contributed by atoms with Crippen LogP contribution in [0.3, 0.4) is 0 Å². The molecule has 0 atom stereocenters. The van der Waals surface area contributed by atoms with Crippen LogP contribution in [-0.2, 0) is 6.42 Å². The van der Waals surface area contributed by atoms with Crippen LogP contribution in [0.15, 0.2) is 67.1 Å². The maximum Gasteiger partial charge on any atom is 0.279 e. The van der Waals surface area contributed by atoms with Gasteiger partial charge in [0.15, 0.2) is 17.2 Å². The van der Waals surface area contributed by atoms with Crippen molar-refractivity contribution < 1.29 is 9.53 Å². The van der Waals surface area contributed by atoms with E-state index >= 15 is 0 Å². The summed E-state index contributed by atoms with van der Waals surface area (Å²) in [6.45, 7) is 2.48. The van der Waals surface area contributed by atoms with Crippen LogP contribution in [0.25, 0.3) is 22.7 Å². The molecule has 5 aromatic rings. The summed E-state index contributed by atoms with van der Waals surface area (Å²) in [5.41, 5.74) is 5.49. The van der Waals surface area contributed by atoms with Crippen LogP contribution in [0, 0.1) is 6.92 Å².